The number of halogens is 1. The summed E-state index contributed by atoms with van der Waals surface area (Å²) >= 11 is 7.29. The Morgan fingerprint density at radius 1 is 1.73 bits per heavy atom. The summed E-state index contributed by atoms with van der Waals surface area (Å²) in [6.45, 7) is 2.15. The summed E-state index contributed by atoms with van der Waals surface area (Å²) in [6.07, 6.45) is 0.459. The molecule has 0 amide bonds. The number of carbonyl (C=O) groups excluding carboxylic acids is 1. The largest absolute Gasteiger partial charge is 0.378 e. The van der Waals surface area contributed by atoms with Crippen LogP contribution in [0.3, 0.4) is 0 Å². The SMILES string of the molecule is O=C(CC1COCCN1)c1sccc1Cl. The van der Waals surface area contributed by atoms with Crippen molar-refractivity contribution in [2.45, 2.75) is 12.5 Å². The summed E-state index contributed by atoms with van der Waals surface area (Å²) in [5.41, 5.74) is 0. The Morgan fingerprint density at radius 2 is 2.60 bits per heavy atom. The quantitative estimate of drug-likeness (QED) is 0.828. The molecule has 1 atom stereocenters. The zero-order chi connectivity index (χ0) is 10.7. The van der Waals surface area contributed by atoms with E-state index >= 15 is 0 Å². The van der Waals surface area contributed by atoms with E-state index in [0.717, 1.165) is 13.2 Å². The highest BCUT2D eigenvalue weighted by Crippen LogP contribution is 2.24. The number of rotatable bonds is 3. The van der Waals surface area contributed by atoms with Gasteiger partial charge in [-0.25, -0.2) is 0 Å². The van der Waals surface area contributed by atoms with Crippen molar-refractivity contribution in [3.8, 4) is 0 Å². The molecule has 82 valence electrons. The molecule has 0 aromatic carbocycles. The van der Waals surface area contributed by atoms with Gasteiger partial charge in [0.2, 0.25) is 0 Å². The molecule has 0 spiro atoms. The van der Waals surface area contributed by atoms with Gasteiger partial charge in [-0.3, -0.25) is 4.79 Å². The highest BCUT2D eigenvalue weighted by atomic mass is 35.5. The first-order valence-corrected chi connectivity index (χ1v) is 6.10. The summed E-state index contributed by atoms with van der Waals surface area (Å²) in [5.74, 6) is 0.0954. The van der Waals surface area contributed by atoms with E-state index in [0.29, 0.717) is 22.9 Å². The Labute approximate surface area is 97.4 Å². The minimum atomic E-state index is 0.0954. The van der Waals surface area contributed by atoms with E-state index < -0.39 is 0 Å². The van der Waals surface area contributed by atoms with Crippen LogP contribution in [0.5, 0.6) is 0 Å². The van der Waals surface area contributed by atoms with E-state index in [2.05, 4.69) is 5.32 Å². The lowest BCUT2D eigenvalue weighted by atomic mass is 10.1. The fourth-order valence-corrected chi connectivity index (χ4v) is 2.67. The van der Waals surface area contributed by atoms with Gasteiger partial charge < -0.3 is 10.1 Å². The van der Waals surface area contributed by atoms with Gasteiger partial charge in [-0.2, -0.15) is 0 Å². The normalized spacial score (nSPS) is 21.5. The Balaban J connectivity index is 1.94. The molecule has 1 aliphatic rings. The number of thiophene rings is 1. The van der Waals surface area contributed by atoms with Crippen LogP contribution in [0.1, 0.15) is 16.1 Å². The summed E-state index contributed by atoms with van der Waals surface area (Å²) in [5, 5.41) is 5.64. The standard InChI is InChI=1S/C10H12ClNO2S/c11-8-1-4-15-10(8)9(13)5-7-6-14-3-2-12-7/h1,4,7,12H,2-3,5-6H2. The first kappa shape index (κ1) is 11.1. The molecule has 1 aliphatic heterocycles. The molecule has 0 bridgehead atoms. The number of morpholine rings is 1. The highest BCUT2D eigenvalue weighted by molar-refractivity contribution is 7.12. The van der Waals surface area contributed by atoms with E-state index in [1.165, 1.54) is 11.3 Å². The predicted molar refractivity (Wildman–Crippen MR) is 60.9 cm³/mol. The number of Topliss-reactive ketones (excluding diaryl/α,β-unsaturated/α-hetero) is 1. The Kier molecular flexibility index (Phi) is 3.75. The van der Waals surface area contributed by atoms with Crippen molar-refractivity contribution in [1.29, 1.82) is 0 Å². The van der Waals surface area contributed by atoms with E-state index in [-0.39, 0.29) is 11.8 Å². The summed E-state index contributed by atoms with van der Waals surface area (Å²) in [6, 6.07) is 1.88. The smallest absolute Gasteiger partial charge is 0.175 e. The van der Waals surface area contributed by atoms with E-state index in [1.807, 2.05) is 5.38 Å². The lowest BCUT2D eigenvalue weighted by molar-refractivity contribution is 0.0677. The minimum absolute atomic E-state index is 0.0954. The fourth-order valence-electron chi connectivity index (χ4n) is 1.56. The monoisotopic (exact) mass is 245 g/mol. The molecule has 1 unspecified atom stereocenters. The van der Waals surface area contributed by atoms with Crippen LogP contribution in [-0.4, -0.2) is 31.6 Å². The van der Waals surface area contributed by atoms with Crippen molar-refractivity contribution < 1.29 is 9.53 Å². The van der Waals surface area contributed by atoms with Crippen molar-refractivity contribution in [2.24, 2.45) is 0 Å². The lowest BCUT2D eigenvalue weighted by Gasteiger charge is -2.22. The first-order chi connectivity index (χ1) is 7.27. The van der Waals surface area contributed by atoms with E-state index in [9.17, 15) is 4.79 Å². The number of ether oxygens (including phenoxy) is 1. The summed E-state index contributed by atoms with van der Waals surface area (Å²) in [7, 11) is 0. The maximum Gasteiger partial charge on any atom is 0.175 e. The molecule has 2 rings (SSSR count). The molecular formula is C10H12ClNO2S. The maximum absolute atomic E-state index is 11.8. The number of ketones is 1. The van der Waals surface area contributed by atoms with Crippen LogP contribution in [0.25, 0.3) is 0 Å². The molecule has 1 aromatic rings. The second-order valence-corrected chi connectivity index (χ2v) is 4.77. The number of carbonyl (C=O) groups is 1. The van der Waals surface area contributed by atoms with Gasteiger partial charge in [0.1, 0.15) is 0 Å². The number of hydrogen-bond donors (Lipinski definition) is 1. The minimum Gasteiger partial charge on any atom is -0.378 e. The second-order valence-electron chi connectivity index (χ2n) is 3.45. The van der Waals surface area contributed by atoms with Crippen molar-refractivity contribution in [3.63, 3.8) is 0 Å². The average molecular weight is 246 g/mol. The number of hydrogen-bond acceptors (Lipinski definition) is 4. The van der Waals surface area contributed by atoms with Crippen LogP contribution in [0.4, 0.5) is 0 Å². The van der Waals surface area contributed by atoms with Gasteiger partial charge in [0, 0.05) is 19.0 Å². The molecule has 15 heavy (non-hydrogen) atoms. The first-order valence-electron chi connectivity index (χ1n) is 4.84. The summed E-state index contributed by atoms with van der Waals surface area (Å²) < 4.78 is 5.29. The third-order valence-electron chi connectivity index (χ3n) is 2.30. The fraction of sp³-hybridized carbons (Fsp3) is 0.500. The Morgan fingerprint density at radius 3 is 3.20 bits per heavy atom. The summed E-state index contributed by atoms with van der Waals surface area (Å²) in [4.78, 5) is 12.5. The maximum atomic E-state index is 11.8. The Bertz CT molecular complexity index is 347. The van der Waals surface area contributed by atoms with E-state index in [1.54, 1.807) is 6.07 Å². The third-order valence-corrected chi connectivity index (χ3v) is 3.68. The van der Waals surface area contributed by atoms with Crippen LogP contribution in [0.15, 0.2) is 11.4 Å². The molecule has 5 heteroatoms. The van der Waals surface area contributed by atoms with Gasteiger partial charge in [0.15, 0.2) is 5.78 Å². The topological polar surface area (TPSA) is 38.3 Å². The molecule has 0 aliphatic carbocycles. The second kappa shape index (κ2) is 5.07. The van der Waals surface area contributed by atoms with Gasteiger partial charge in [-0.1, -0.05) is 11.6 Å². The Hall–Kier alpha value is -0.420. The van der Waals surface area contributed by atoms with Gasteiger partial charge in [0.05, 0.1) is 23.1 Å². The molecular weight excluding hydrogens is 234 g/mol. The van der Waals surface area contributed by atoms with Crippen molar-refractivity contribution >= 4 is 28.7 Å². The highest BCUT2D eigenvalue weighted by Gasteiger charge is 2.19. The van der Waals surface area contributed by atoms with Gasteiger partial charge in [-0.05, 0) is 11.4 Å². The van der Waals surface area contributed by atoms with Gasteiger partial charge in [0.25, 0.3) is 0 Å². The molecule has 1 N–H and O–H groups in total. The lowest BCUT2D eigenvalue weighted by Crippen LogP contribution is -2.42. The van der Waals surface area contributed by atoms with Crippen LogP contribution in [0, 0.1) is 0 Å². The molecule has 0 saturated carbocycles. The van der Waals surface area contributed by atoms with E-state index in [4.69, 9.17) is 16.3 Å². The molecule has 3 nitrogen and oxygen atoms in total. The molecule has 2 heterocycles. The van der Waals surface area contributed by atoms with Crippen molar-refractivity contribution in [3.05, 3.63) is 21.3 Å². The third kappa shape index (κ3) is 2.78. The van der Waals surface area contributed by atoms with Crippen LogP contribution in [-0.2, 0) is 4.74 Å². The van der Waals surface area contributed by atoms with Crippen molar-refractivity contribution in [2.75, 3.05) is 19.8 Å². The molecule has 1 aromatic heterocycles. The zero-order valence-corrected chi connectivity index (χ0v) is 9.74. The van der Waals surface area contributed by atoms with Gasteiger partial charge >= 0.3 is 0 Å². The van der Waals surface area contributed by atoms with Crippen molar-refractivity contribution in [1.82, 2.24) is 5.32 Å². The predicted octanol–water partition coefficient (Wildman–Crippen LogP) is 1.96. The molecule has 1 saturated heterocycles. The van der Waals surface area contributed by atoms with Crippen LogP contribution < -0.4 is 5.32 Å². The van der Waals surface area contributed by atoms with Gasteiger partial charge in [-0.15, -0.1) is 11.3 Å². The van der Waals surface area contributed by atoms with Crippen LogP contribution in [0.2, 0.25) is 5.02 Å². The number of nitrogens with one attached hydrogen (secondary N) is 1. The molecule has 1 fully saturated rings. The average Bonchev–Trinajstić information content (AvgIpc) is 2.66. The molecule has 0 radical (unpaired) electrons. The van der Waals surface area contributed by atoms with Crippen LogP contribution >= 0.6 is 22.9 Å². The zero-order valence-electron chi connectivity index (χ0n) is 8.16.